The molecule has 1 aromatic heterocycles. The van der Waals surface area contributed by atoms with Gasteiger partial charge >= 0.3 is 0 Å². The Kier molecular flexibility index (Phi) is 4.24. The molecule has 0 spiro atoms. The molecule has 120 valence electrons. The van der Waals surface area contributed by atoms with E-state index >= 15 is 0 Å². The summed E-state index contributed by atoms with van der Waals surface area (Å²) in [5.74, 6) is 0.664. The first-order valence-corrected chi connectivity index (χ1v) is 8.02. The van der Waals surface area contributed by atoms with E-state index in [9.17, 15) is 10.1 Å². The predicted octanol–water partition coefficient (Wildman–Crippen LogP) is 3.06. The lowest BCUT2D eigenvalue weighted by Crippen LogP contribution is -2.49. The fraction of sp³-hybridized carbons (Fsp3) is 0.444. The van der Waals surface area contributed by atoms with Crippen molar-refractivity contribution in [3.8, 4) is 11.8 Å². The van der Waals surface area contributed by atoms with Crippen LogP contribution in [0.2, 0.25) is 0 Å². The number of carbonyl (C=O) groups excluding carboxylic acids is 1. The molecular formula is C18H21N3O2. The minimum Gasteiger partial charge on any atom is -0.497 e. The van der Waals surface area contributed by atoms with Crippen molar-refractivity contribution in [2.75, 3.05) is 7.11 Å². The van der Waals surface area contributed by atoms with Gasteiger partial charge in [0.25, 0.3) is 0 Å². The highest BCUT2D eigenvalue weighted by Crippen LogP contribution is 2.28. The third-order valence-electron chi connectivity index (χ3n) is 4.63. The number of nitrogens with one attached hydrogen (secondary N) is 2. The molecule has 1 heterocycles. The first-order chi connectivity index (χ1) is 11.2. The van der Waals surface area contributed by atoms with Gasteiger partial charge in [-0.2, -0.15) is 5.26 Å². The molecular weight excluding hydrogens is 290 g/mol. The molecule has 23 heavy (non-hydrogen) atoms. The summed E-state index contributed by atoms with van der Waals surface area (Å²) in [7, 11) is 1.62. The fourth-order valence-electron chi connectivity index (χ4n) is 3.33. The number of rotatable bonds is 4. The maximum Gasteiger partial charge on any atom is 0.225 e. The topological polar surface area (TPSA) is 77.9 Å². The Morgan fingerprint density at radius 2 is 2.17 bits per heavy atom. The van der Waals surface area contributed by atoms with E-state index in [1.165, 1.54) is 0 Å². The smallest absolute Gasteiger partial charge is 0.225 e. The Morgan fingerprint density at radius 1 is 1.39 bits per heavy atom. The predicted molar refractivity (Wildman–Crippen MR) is 88.1 cm³/mol. The van der Waals surface area contributed by atoms with Gasteiger partial charge in [-0.3, -0.25) is 4.79 Å². The van der Waals surface area contributed by atoms with Crippen molar-refractivity contribution in [2.24, 2.45) is 0 Å². The van der Waals surface area contributed by atoms with Crippen LogP contribution in [0.4, 0.5) is 0 Å². The average Bonchev–Trinajstić information content (AvgIpc) is 2.97. The molecule has 0 radical (unpaired) electrons. The number of carbonyl (C=O) groups is 1. The number of hydrogen-bond acceptors (Lipinski definition) is 3. The largest absolute Gasteiger partial charge is 0.497 e. The molecule has 2 N–H and O–H groups in total. The van der Waals surface area contributed by atoms with Crippen molar-refractivity contribution in [3.63, 3.8) is 0 Å². The monoisotopic (exact) mass is 311 g/mol. The summed E-state index contributed by atoms with van der Waals surface area (Å²) in [6.07, 6.45) is 6.74. The molecule has 1 aliphatic rings. The fourth-order valence-corrected chi connectivity index (χ4v) is 3.33. The quantitative estimate of drug-likeness (QED) is 0.911. The number of ether oxygens (including phenoxy) is 1. The first kappa shape index (κ1) is 15.4. The summed E-state index contributed by atoms with van der Waals surface area (Å²) in [5.41, 5.74) is 1.21. The van der Waals surface area contributed by atoms with Crippen LogP contribution in [0, 0.1) is 11.3 Å². The summed E-state index contributed by atoms with van der Waals surface area (Å²) in [5, 5.41) is 13.4. The molecule has 0 aliphatic heterocycles. The number of methoxy groups -OCH3 is 1. The van der Waals surface area contributed by atoms with Gasteiger partial charge in [-0.15, -0.1) is 0 Å². The summed E-state index contributed by atoms with van der Waals surface area (Å²) in [4.78, 5) is 15.6. The molecule has 1 fully saturated rings. The molecule has 0 atom stereocenters. The highest BCUT2D eigenvalue weighted by molar-refractivity contribution is 5.90. The van der Waals surface area contributed by atoms with E-state index in [1.54, 1.807) is 7.11 Å². The van der Waals surface area contributed by atoms with E-state index in [1.807, 2.05) is 24.4 Å². The van der Waals surface area contributed by atoms with Crippen LogP contribution in [0.1, 0.15) is 37.7 Å². The van der Waals surface area contributed by atoms with Crippen LogP contribution in [0.25, 0.3) is 10.9 Å². The van der Waals surface area contributed by atoms with Crippen molar-refractivity contribution in [1.82, 2.24) is 10.3 Å². The Balaban J connectivity index is 1.76. The molecule has 1 aromatic carbocycles. The normalized spacial score (nSPS) is 16.7. The molecule has 0 bridgehead atoms. The van der Waals surface area contributed by atoms with Gasteiger partial charge in [0.2, 0.25) is 5.91 Å². The average molecular weight is 311 g/mol. The van der Waals surface area contributed by atoms with E-state index in [-0.39, 0.29) is 12.3 Å². The van der Waals surface area contributed by atoms with Gasteiger partial charge < -0.3 is 15.0 Å². The number of aromatic amines is 1. The zero-order valence-corrected chi connectivity index (χ0v) is 13.3. The SMILES string of the molecule is COc1ccc2[nH]cc(CC(=O)NC3(C#N)CCCCC3)c2c1. The second kappa shape index (κ2) is 6.33. The Morgan fingerprint density at radius 3 is 2.87 bits per heavy atom. The Labute approximate surface area is 135 Å². The number of H-pyrrole nitrogens is 1. The Hall–Kier alpha value is -2.48. The standard InChI is InChI=1S/C18H21N3O2/c1-23-14-5-6-16-15(10-14)13(11-20-16)9-17(22)21-18(12-19)7-3-2-4-8-18/h5-6,10-11,20H,2-4,7-9H2,1H3,(H,21,22). The van der Waals surface area contributed by atoms with Gasteiger partial charge in [-0.05, 0) is 36.6 Å². The van der Waals surface area contributed by atoms with Crippen LogP contribution in [-0.2, 0) is 11.2 Å². The number of nitriles is 1. The Bertz CT molecular complexity index is 751. The van der Waals surface area contributed by atoms with Crippen molar-refractivity contribution < 1.29 is 9.53 Å². The summed E-state index contributed by atoms with van der Waals surface area (Å²) < 4.78 is 5.25. The number of aromatic nitrogens is 1. The van der Waals surface area contributed by atoms with Crippen LogP contribution in [0.3, 0.4) is 0 Å². The maximum atomic E-state index is 12.4. The molecule has 1 saturated carbocycles. The van der Waals surface area contributed by atoms with Crippen molar-refractivity contribution >= 4 is 16.8 Å². The van der Waals surface area contributed by atoms with Crippen LogP contribution in [0.5, 0.6) is 5.75 Å². The van der Waals surface area contributed by atoms with Gasteiger partial charge in [-0.1, -0.05) is 19.3 Å². The lowest BCUT2D eigenvalue weighted by Gasteiger charge is -2.31. The molecule has 1 amide bonds. The lowest BCUT2D eigenvalue weighted by molar-refractivity contribution is -0.122. The van der Waals surface area contributed by atoms with E-state index in [4.69, 9.17) is 4.74 Å². The van der Waals surface area contributed by atoms with E-state index < -0.39 is 5.54 Å². The summed E-state index contributed by atoms with van der Waals surface area (Å²) in [6, 6.07) is 8.07. The first-order valence-electron chi connectivity index (χ1n) is 8.02. The van der Waals surface area contributed by atoms with Crippen molar-refractivity contribution in [1.29, 1.82) is 5.26 Å². The number of benzene rings is 1. The van der Waals surface area contributed by atoms with Gasteiger partial charge in [0, 0.05) is 17.1 Å². The highest BCUT2D eigenvalue weighted by Gasteiger charge is 2.33. The molecule has 5 heteroatoms. The van der Waals surface area contributed by atoms with Crippen LogP contribution in [-0.4, -0.2) is 23.5 Å². The number of amides is 1. The second-order valence-electron chi connectivity index (χ2n) is 6.20. The third-order valence-corrected chi connectivity index (χ3v) is 4.63. The molecule has 2 aromatic rings. The van der Waals surface area contributed by atoms with Crippen LogP contribution in [0.15, 0.2) is 24.4 Å². The number of nitrogens with zero attached hydrogens (tertiary/aromatic N) is 1. The van der Waals surface area contributed by atoms with Crippen molar-refractivity contribution in [3.05, 3.63) is 30.0 Å². The second-order valence-corrected chi connectivity index (χ2v) is 6.20. The maximum absolute atomic E-state index is 12.4. The van der Waals surface area contributed by atoms with Gasteiger partial charge in [0.05, 0.1) is 19.6 Å². The van der Waals surface area contributed by atoms with Crippen molar-refractivity contribution in [2.45, 2.75) is 44.1 Å². The highest BCUT2D eigenvalue weighted by atomic mass is 16.5. The van der Waals surface area contributed by atoms with Crippen LogP contribution < -0.4 is 10.1 Å². The zero-order chi connectivity index (χ0) is 16.3. The number of hydrogen-bond donors (Lipinski definition) is 2. The molecule has 0 unspecified atom stereocenters. The number of fused-ring (bicyclic) bond motifs is 1. The lowest BCUT2D eigenvalue weighted by atomic mass is 9.82. The molecule has 0 saturated heterocycles. The minimum absolute atomic E-state index is 0.0998. The van der Waals surface area contributed by atoms with Crippen LogP contribution >= 0.6 is 0 Å². The third kappa shape index (κ3) is 3.16. The molecule has 3 rings (SSSR count). The summed E-state index contributed by atoms with van der Waals surface area (Å²) in [6.45, 7) is 0. The van der Waals surface area contributed by atoms with E-state index in [2.05, 4.69) is 16.4 Å². The minimum atomic E-state index is -0.681. The van der Waals surface area contributed by atoms with Gasteiger partial charge in [-0.25, -0.2) is 0 Å². The van der Waals surface area contributed by atoms with Gasteiger partial charge in [0.15, 0.2) is 0 Å². The zero-order valence-electron chi connectivity index (χ0n) is 13.3. The molecule has 5 nitrogen and oxygen atoms in total. The van der Waals surface area contributed by atoms with E-state index in [0.717, 1.165) is 54.3 Å². The molecule has 1 aliphatic carbocycles. The van der Waals surface area contributed by atoms with Gasteiger partial charge in [0.1, 0.15) is 11.3 Å². The van der Waals surface area contributed by atoms with E-state index in [0.29, 0.717) is 0 Å². The summed E-state index contributed by atoms with van der Waals surface area (Å²) >= 11 is 0.